The monoisotopic (exact) mass is 248 g/mol. The predicted octanol–water partition coefficient (Wildman–Crippen LogP) is 0.187. The molecule has 0 saturated carbocycles. The van der Waals surface area contributed by atoms with Crippen molar-refractivity contribution < 1.29 is 29.6 Å². The van der Waals surface area contributed by atoms with Crippen molar-refractivity contribution in [1.29, 1.82) is 0 Å². The van der Waals surface area contributed by atoms with Crippen LogP contribution in [-0.2, 0) is 14.3 Å². The average molecular weight is 248 g/mol. The molecule has 0 atom stereocenters. The van der Waals surface area contributed by atoms with Crippen LogP contribution in [0.2, 0.25) is 0 Å². The molecule has 100 valence electrons. The van der Waals surface area contributed by atoms with Gasteiger partial charge in [0.25, 0.3) is 0 Å². The molecule has 0 fully saturated rings. The summed E-state index contributed by atoms with van der Waals surface area (Å²) in [7, 11) is 0. The highest BCUT2D eigenvalue weighted by molar-refractivity contribution is 5.84. The molecule has 0 aliphatic rings. The minimum absolute atomic E-state index is 0.0116. The molecule has 0 unspecified atom stereocenters. The van der Waals surface area contributed by atoms with Crippen LogP contribution in [0.5, 0.6) is 0 Å². The summed E-state index contributed by atoms with van der Waals surface area (Å²) in [5.41, 5.74) is -0.690. The van der Waals surface area contributed by atoms with Crippen LogP contribution >= 0.6 is 0 Å². The minimum atomic E-state index is -0.935. The number of esters is 1. The van der Waals surface area contributed by atoms with Crippen LogP contribution in [0.4, 0.5) is 0 Å². The topological polar surface area (TPSA) is 104 Å². The normalized spacial score (nSPS) is 9.94. The van der Waals surface area contributed by atoms with Crippen LogP contribution in [-0.4, -0.2) is 47.1 Å². The van der Waals surface area contributed by atoms with Gasteiger partial charge in [0.15, 0.2) is 0 Å². The third-order valence-electron chi connectivity index (χ3n) is 1.64. The molecule has 0 heterocycles. The lowest BCUT2D eigenvalue weighted by atomic mass is 9.95. The maximum absolute atomic E-state index is 11.0. The molecular weight excluding hydrogens is 228 g/mol. The highest BCUT2D eigenvalue weighted by Gasteiger charge is 2.28. The third kappa shape index (κ3) is 9.52. The first-order valence-corrected chi connectivity index (χ1v) is 4.96. The van der Waals surface area contributed by atoms with Gasteiger partial charge in [-0.05, 0) is 20.8 Å². The van der Waals surface area contributed by atoms with Gasteiger partial charge < -0.3 is 20.1 Å². The van der Waals surface area contributed by atoms with Crippen LogP contribution < -0.4 is 0 Å². The fraction of sp³-hybridized carbons (Fsp3) is 0.636. The van der Waals surface area contributed by atoms with Crippen molar-refractivity contribution in [2.45, 2.75) is 20.8 Å². The number of hydrogen-bond acceptors (Lipinski definition) is 5. The Morgan fingerprint density at radius 1 is 1.29 bits per heavy atom. The Labute approximate surface area is 101 Å². The standard InChI is InChI=1S/C7H14O4.C4H6O2/c1-7(2,5-9)6(10)11-4-3-8;1-3(2)4(5)6/h8-9H,3-5H2,1-2H3;1H2,2H3,(H,5,6). The summed E-state index contributed by atoms with van der Waals surface area (Å²) in [6, 6.07) is 0. The summed E-state index contributed by atoms with van der Waals surface area (Å²) in [5.74, 6) is -1.43. The van der Waals surface area contributed by atoms with Crippen molar-refractivity contribution in [2.24, 2.45) is 5.41 Å². The number of carboxylic acid groups (broad SMARTS) is 1. The van der Waals surface area contributed by atoms with Gasteiger partial charge in [-0.3, -0.25) is 4.79 Å². The van der Waals surface area contributed by atoms with Gasteiger partial charge in [-0.2, -0.15) is 0 Å². The second-order valence-corrected chi connectivity index (χ2v) is 3.99. The Hall–Kier alpha value is -1.40. The zero-order valence-electron chi connectivity index (χ0n) is 10.4. The lowest BCUT2D eigenvalue weighted by Crippen LogP contribution is -2.30. The van der Waals surface area contributed by atoms with Crippen molar-refractivity contribution in [3.05, 3.63) is 12.2 Å². The van der Waals surface area contributed by atoms with E-state index in [2.05, 4.69) is 11.3 Å². The van der Waals surface area contributed by atoms with Crippen molar-refractivity contribution in [3.63, 3.8) is 0 Å². The van der Waals surface area contributed by atoms with Gasteiger partial charge >= 0.3 is 11.9 Å². The average Bonchev–Trinajstić information content (AvgIpc) is 2.26. The van der Waals surface area contributed by atoms with E-state index in [0.29, 0.717) is 0 Å². The third-order valence-corrected chi connectivity index (χ3v) is 1.64. The Bertz CT molecular complexity index is 257. The van der Waals surface area contributed by atoms with Gasteiger partial charge in [0.1, 0.15) is 6.61 Å². The lowest BCUT2D eigenvalue weighted by Gasteiger charge is -2.18. The summed E-state index contributed by atoms with van der Waals surface area (Å²) < 4.78 is 4.60. The first-order chi connectivity index (χ1) is 7.68. The Morgan fingerprint density at radius 2 is 1.71 bits per heavy atom. The first kappa shape index (κ1) is 18.0. The van der Waals surface area contributed by atoms with Crippen molar-refractivity contribution in [1.82, 2.24) is 0 Å². The molecule has 0 aliphatic carbocycles. The van der Waals surface area contributed by atoms with Gasteiger partial charge in [-0.15, -0.1) is 0 Å². The van der Waals surface area contributed by atoms with Crippen LogP contribution in [0.3, 0.4) is 0 Å². The molecule has 0 aromatic rings. The highest BCUT2D eigenvalue weighted by atomic mass is 16.5. The molecule has 0 saturated heterocycles. The fourth-order valence-corrected chi connectivity index (χ4v) is 0.398. The van der Waals surface area contributed by atoms with E-state index in [1.807, 2.05) is 0 Å². The van der Waals surface area contributed by atoms with Crippen molar-refractivity contribution in [2.75, 3.05) is 19.8 Å². The second kappa shape index (κ2) is 8.72. The van der Waals surface area contributed by atoms with Gasteiger partial charge in [-0.1, -0.05) is 6.58 Å². The largest absolute Gasteiger partial charge is 0.478 e. The highest BCUT2D eigenvalue weighted by Crippen LogP contribution is 2.15. The van der Waals surface area contributed by atoms with Crippen molar-refractivity contribution in [3.8, 4) is 0 Å². The van der Waals surface area contributed by atoms with E-state index in [1.165, 1.54) is 6.92 Å². The molecule has 0 radical (unpaired) electrons. The molecule has 0 spiro atoms. The van der Waals surface area contributed by atoms with Gasteiger partial charge in [0.2, 0.25) is 0 Å². The summed E-state index contributed by atoms with van der Waals surface area (Å²) in [4.78, 5) is 20.6. The Morgan fingerprint density at radius 3 is 1.94 bits per heavy atom. The van der Waals surface area contributed by atoms with E-state index in [0.717, 1.165) is 0 Å². The number of aliphatic hydroxyl groups excluding tert-OH is 2. The summed E-state index contributed by atoms with van der Waals surface area (Å²) in [6.07, 6.45) is 0. The summed E-state index contributed by atoms with van der Waals surface area (Å²) in [6.45, 7) is 7.30. The van der Waals surface area contributed by atoms with Crippen LogP contribution in [0.15, 0.2) is 12.2 Å². The fourth-order valence-electron chi connectivity index (χ4n) is 0.398. The second-order valence-electron chi connectivity index (χ2n) is 3.99. The van der Waals surface area contributed by atoms with Crippen LogP contribution in [0, 0.1) is 5.41 Å². The Kier molecular flexibility index (Phi) is 9.22. The molecule has 6 heteroatoms. The number of aliphatic carboxylic acids is 1. The van der Waals surface area contributed by atoms with E-state index >= 15 is 0 Å². The molecule has 17 heavy (non-hydrogen) atoms. The van der Waals surface area contributed by atoms with Crippen molar-refractivity contribution >= 4 is 11.9 Å². The summed E-state index contributed by atoms with van der Waals surface area (Å²) in [5, 5.41) is 24.9. The molecule has 0 bridgehead atoms. The first-order valence-electron chi connectivity index (χ1n) is 4.96. The zero-order valence-corrected chi connectivity index (χ0v) is 10.4. The van der Waals surface area contributed by atoms with E-state index in [4.69, 9.17) is 15.3 Å². The van der Waals surface area contributed by atoms with Crippen LogP contribution in [0.25, 0.3) is 0 Å². The number of aliphatic hydroxyl groups is 2. The zero-order chi connectivity index (χ0) is 14.1. The van der Waals surface area contributed by atoms with E-state index < -0.39 is 17.4 Å². The molecule has 0 aromatic carbocycles. The molecule has 0 aromatic heterocycles. The summed E-state index contributed by atoms with van der Waals surface area (Å²) >= 11 is 0. The number of rotatable bonds is 5. The van der Waals surface area contributed by atoms with E-state index in [-0.39, 0.29) is 25.4 Å². The van der Waals surface area contributed by atoms with Gasteiger partial charge in [0, 0.05) is 5.57 Å². The number of hydrogen-bond donors (Lipinski definition) is 3. The number of carbonyl (C=O) groups excluding carboxylic acids is 1. The molecule has 0 rings (SSSR count). The molecule has 3 N–H and O–H groups in total. The van der Waals surface area contributed by atoms with Crippen LogP contribution in [0.1, 0.15) is 20.8 Å². The Balaban J connectivity index is 0. The minimum Gasteiger partial charge on any atom is -0.478 e. The van der Waals surface area contributed by atoms with Gasteiger partial charge in [-0.25, -0.2) is 4.79 Å². The smallest absolute Gasteiger partial charge is 0.330 e. The molecule has 6 nitrogen and oxygen atoms in total. The van der Waals surface area contributed by atoms with E-state index in [9.17, 15) is 9.59 Å². The quantitative estimate of drug-likeness (QED) is 0.474. The SMILES string of the molecule is C=C(C)C(=O)O.CC(C)(CO)C(=O)OCCO. The van der Waals surface area contributed by atoms with E-state index in [1.54, 1.807) is 13.8 Å². The number of carboxylic acids is 1. The number of carbonyl (C=O) groups is 2. The van der Waals surface area contributed by atoms with Gasteiger partial charge in [0.05, 0.1) is 18.6 Å². The molecule has 0 amide bonds. The maximum Gasteiger partial charge on any atom is 0.330 e. The maximum atomic E-state index is 11.0. The number of ether oxygens (including phenoxy) is 1. The molecule has 0 aliphatic heterocycles. The lowest BCUT2D eigenvalue weighted by molar-refractivity contribution is -0.157. The molecular formula is C11H20O6. The predicted molar refractivity (Wildman–Crippen MR) is 61.4 cm³/mol.